The molecule has 0 fully saturated rings. The fraction of sp³-hybridized carbons (Fsp3) is 0.200. The molecule has 1 aromatic carbocycles. The number of aromatic nitrogens is 6. The molecule has 4 aromatic rings. The molecule has 0 amide bonds. The molecular formula is C15H14N6O. The van der Waals surface area contributed by atoms with Gasteiger partial charge in [0.1, 0.15) is 5.52 Å². The van der Waals surface area contributed by atoms with Crippen LogP contribution >= 0.6 is 0 Å². The number of imidazole rings is 1. The first-order valence-corrected chi connectivity index (χ1v) is 7.05. The summed E-state index contributed by atoms with van der Waals surface area (Å²) < 4.78 is 9.09. The molecule has 7 heteroatoms. The fourth-order valence-electron chi connectivity index (χ4n) is 2.46. The number of hydrogen-bond donors (Lipinski definition) is 0. The fourth-order valence-corrected chi connectivity index (χ4v) is 2.46. The first-order chi connectivity index (χ1) is 10.8. The molecule has 0 bridgehead atoms. The highest BCUT2D eigenvalue weighted by Crippen LogP contribution is 2.24. The smallest absolute Gasteiger partial charge is 0.202 e. The number of nitrogens with zero attached hydrogens (tertiary/aromatic N) is 6. The van der Waals surface area contributed by atoms with Crippen LogP contribution < -0.4 is 0 Å². The summed E-state index contributed by atoms with van der Waals surface area (Å²) in [5, 5.41) is 12.2. The monoisotopic (exact) mass is 294 g/mol. The minimum Gasteiger partial charge on any atom is -0.353 e. The van der Waals surface area contributed by atoms with Crippen molar-refractivity contribution in [3.8, 4) is 17.3 Å². The van der Waals surface area contributed by atoms with Crippen molar-refractivity contribution in [2.24, 2.45) is 7.05 Å². The van der Waals surface area contributed by atoms with Crippen LogP contribution in [0.5, 0.6) is 0 Å². The van der Waals surface area contributed by atoms with Crippen LogP contribution in [0.3, 0.4) is 0 Å². The summed E-state index contributed by atoms with van der Waals surface area (Å²) in [6.45, 7) is 2.04. The lowest BCUT2D eigenvalue weighted by Gasteiger charge is -2.05. The van der Waals surface area contributed by atoms with E-state index < -0.39 is 0 Å². The van der Waals surface area contributed by atoms with Crippen LogP contribution in [0.25, 0.3) is 28.3 Å². The third-order valence-corrected chi connectivity index (χ3v) is 3.65. The molecule has 22 heavy (non-hydrogen) atoms. The maximum Gasteiger partial charge on any atom is 0.202 e. The Morgan fingerprint density at radius 3 is 2.95 bits per heavy atom. The second-order valence-corrected chi connectivity index (χ2v) is 5.04. The van der Waals surface area contributed by atoms with Crippen LogP contribution in [-0.2, 0) is 13.5 Å². The van der Waals surface area contributed by atoms with Gasteiger partial charge in [-0.3, -0.25) is 4.57 Å². The first-order valence-electron chi connectivity index (χ1n) is 7.05. The van der Waals surface area contributed by atoms with Gasteiger partial charge in [0.05, 0.1) is 11.2 Å². The lowest BCUT2D eigenvalue weighted by atomic mass is 10.2. The molecule has 0 N–H and O–H groups in total. The Morgan fingerprint density at radius 1 is 1.23 bits per heavy atom. The van der Waals surface area contributed by atoms with E-state index in [4.69, 9.17) is 4.52 Å². The van der Waals surface area contributed by atoms with Gasteiger partial charge in [0.15, 0.2) is 5.82 Å². The Morgan fingerprint density at radius 2 is 2.14 bits per heavy atom. The van der Waals surface area contributed by atoms with E-state index in [9.17, 15) is 0 Å². The van der Waals surface area contributed by atoms with E-state index in [1.165, 1.54) is 0 Å². The van der Waals surface area contributed by atoms with E-state index in [0.29, 0.717) is 5.76 Å². The molecule has 110 valence electrons. The minimum atomic E-state index is 0.654. The van der Waals surface area contributed by atoms with E-state index in [2.05, 4.69) is 20.5 Å². The van der Waals surface area contributed by atoms with Gasteiger partial charge in [-0.05, 0) is 24.6 Å². The van der Waals surface area contributed by atoms with E-state index in [1.54, 1.807) is 10.9 Å². The van der Waals surface area contributed by atoms with E-state index >= 15 is 0 Å². The topological polar surface area (TPSA) is 74.6 Å². The van der Waals surface area contributed by atoms with Gasteiger partial charge in [-0.25, -0.2) is 9.67 Å². The molecule has 0 aliphatic carbocycles. The van der Waals surface area contributed by atoms with Gasteiger partial charge in [-0.15, -0.1) is 5.10 Å². The lowest BCUT2D eigenvalue weighted by Crippen LogP contribution is -1.96. The predicted octanol–water partition coefficient (Wildman–Crippen LogP) is 2.37. The molecule has 4 rings (SSSR count). The summed E-state index contributed by atoms with van der Waals surface area (Å²) in [7, 11) is 1.87. The zero-order valence-electron chi connectivity index (χ0n) is 12.3. The van der Waals surface area contributed by atoms with Crippen LogP contribution in [0.4, 0.5) is 0 Å². The average Bonchev–Trinajstić information content (AvgIpc) is 3.25. The first kappa shape index (κ1) is 12.8. The quantitative estimate of drug-likeness (QED) is 0.580. The number of aryl methyl sites for hydroxylation is 2. The summed E-state index contributed by atoms with van der Waals surface area (Å²) in [6, 6.07) is 7.89. The number of hydrogen-bond acceptors (Lipinski definition) is 5. The van der Waals surface area contributed by atoms with Gasteiger partial charge in [0.2, 0.25) is 5.76 Å². The normalized spacial score (nSPS) is 11.4. The van der Waals surface area contributed by atoms with Crippen LogP contribution in [0.1, 0.15) is 12.6 Å². The Kier molecular flexibility index (Phi) is 2.78. The predicted molar refractivity (Wildman–Crippen MR) is 80.5 cm³/mol. The number of fused-ring (bicyclic) bond motifs is 1. The Hall–Kier alpha value is -2.96. The molecular weight excluding hydrogens is 280 g/mol. The minimum absolute atomic E-state index is 0.654. The number of benzene rings is 1. The molecule has 0 aliphatic heterocycles. The molecule has 0 spiro atoms. The molecule has 0 radical (unpaired) electrons. The van der Waals surface area contributed by atoms with E-state index in [0.717, 1.165) is 34.7 Å². The second kappa shape index (κ2) is 4.80. The Balaban J connectivity index is 1.83. The van der Waals surface area contributed by atoms with Crippen molar-refractivity contribution in [1.29, 1.82) is 0 Å². The largest absolute Gasteiger partial charge is 0.353 e. The molecule has 0 saturated heterocycles. The van der Waals surface area contributed by atoms with Crippen molar-refractivity contribution < 1.29 is 4.52 Å². The Labute approximate surface area is 126 Å². The SMILES string of the molecule is CCc1cc(-c2nccn2-c2ccc3c(c2)nnn3C)on1. The van der Waals surface area contributed by atoms with Gasteiger partial charge in [-0.1, -0.05) is 17.3 Å². The van der Waals surface area contributed by atoms with Crippen molar-refractivity contribution >= 4 is 11.0 Å². The third-order valence-electron chi connectivity index (χ3n) is 3.65. The number of rotatable bonds is 3. The van der Waals surface area contributed by atoms with Gasteiger partial charge in [0, 0.05) is 31.2 Å². The van der Waals surface area contributed by atoms with Crippen LogP contribution in [0, 0.1) is 0 Å². The molecule has 0 atom stereocenters. The molecule has 3 aromatic heterocycles. The summed E-state index contributed by atoms with van der Waals surface area (Å²) in [4.78, 5) is 4.38. The molecule has 0 unspecified atom stereocenters. The molecule has 0 aliphatic rings. The van der Waals surface area contributed by atoms with Crippen molar-refractivity contribution in [3.63, 3.8) is 0 Å². The van der Waals surface area contributed by atoms with Crippen molar-refractivity contribution in [2.45, 2.75) is 13.3 Å². The summed E-state index contributed by atoms with van der Waals surface area (Å²) >= 11 is 0. The molecule has 0 saturated carbocycles. The maximum absolute atomic E-state index is 5.39. The van der Waals surface area contributed by atoms with Crippen LogP contribution in [0.2, 0.25) is 0 Å². The lowest BCUT2D eigenvalue weighted by molar-refractivity contribution is 0.421. The standard InChI is InChI=1S/C15H14N6O/c1-3-10-8-14(22-18-10)15-16-6-7-21(15)11-4-5-13-12(9-11)17-19-20(13)2/h4-9H,3H2,1-2H3. The zero-order valence-corrected chi connectivity index (χ0v) is 12.3. The van der Waals surface area contributed by atoms with Crippen molar-refractivity contribution in [1.82, 2.24) is 29.7 Å². The third kappa shape index (κ3) is 1.90. The van der Waals surface area contributed by atoms with Gasteiger partial charge < -0.3 is 4.52 Å². The summed E-state index contributed by atoms with van der Waals surface area (Å²) in [5.74, 6) is 1.37. The summed E-state index contributed by atoms with van der Waals surface area (Å²) in [6.07, 6.45) is 4.46. The maximum atomic E-state index is 5.39. The van der Waals surface area contributed by atoms with E-state index in [-0.39, 0.29) is 0 Å². The zero-order chi connectivity index (χ0) is 15.1. The highest BCUT2D eigenvalue weighted by atomic mass is 16.5. The van der Waals surface area contributed by atoms with Crippen molar-refractivity contribution in [2.75, 3.05) is 0 Å². The van der Waals surface area contributed by atoms with Gasteiger partial charge >= 0.3 is 0 Å². The van der Waals surface area contributed by atoms with Gasteiger partial charge in [0.25, 0.3) is 0 Å². The highest BCUT2D eigenvalue weighted by molar-refractivity contribution is 5.77. The van der Waals surface area contributed by atoms with E-state index in [1.807, 2.05) is 49.0 Å². The summed E-state index contributed by atoms with van der Waals surface area (Å²) in [5.41, 5.74) is 3.69. The molecule has 7 nitrogen and oxygen atoms in total. The van der Waals surface area contributed by atoms with Gasteiger partial charge in [-0.2, -0.15) is 0 Å². The second-order valence-electron chi connectivity index (χ2n) is 5.04. The molecule has 3 heterocycles. The highest BCUT2D eigenvalue weighted by Gasteiger charge is 2.14. The van der Waals surface area contributed by atoms with Crippen molar-refractivity contribution in [3.05, 3.63) is 42.4 Å². The van der Waals surface area contributed by atoms with Crippen LogP contribution in [0.15, 0.2) is 41.2 Å². The average molecular weight is 294 g/mol. The van der Waals surface area contributed by atoms with Crippen LogP contribution in [-0.4, -0.2) is 29.7 Å². The Bertz CT molecular complexity index is 948.